The highest BCUT2D eigenvalue weighted by atomic mass is 19.4. The number of amides is 3. The van der Waals surface area contributed by atoms with Gasteiger partial charge >= 0.3 is 24.5 Å². The molecule has 1 aliphatic heterocycles. The number of hydrogen-bond donors (Lipinski definition) is 3. The maximum absolute atomic E-state index is 13.7. The average Bonchev–Trinajstić information content (AvgIpc) is 2.86. The van der Waals surface area contributed by atoms with E-state index in [2.05, 4.69) is 10.6 Å². The van der Waals surface area contributed by atoms with E-state index < -0.39 is 53.5 Å². The van der Waals surface area contributed by atoms with Gasteiger partial charge in [0.1, 0.15) is 12.4 Å². The Morgan fingerprint density at radius 1 is 1.05 bits per heavy atom. The van der Waals surface area contributed by atoms with Gasteiger partial charge in [-0.15, -0.1) is 0 Å². The van der Waals surface area contributed by atoms with E-state index >= 15 is 0 Å². The Morgan fingerprint density at radius 2 is 1.70 bits per heavy atom. The fourth-order valence-corrected chi connectivity index (χ4v) is 4.57. The van der Waals surface area contributed by atoms with Crippen LogP contribution in [0.4, 0.5) is 40.3 Å². The van der Waals surface area contributed by atoms with Crippen molar-refractivity contribution in [2.75, 3.05) is 26.3 Å². The van der Waals surface area contributed by atoms with Crippen LogP contribution in [0.3, 0.4) is 0 Å². The first-order valence-electron chi connectivity index (χ1n) is 12.3. The number of rotatable bonds is 7. The predicted molar refractivity (Wildman–Crippen MR) is 129 cm³/mol. The summed E-state index contributed by atoms with van der Waals surface area (Å²) in [4.78, 5) is 26.5. The van der Waals surface area contributed by atoms with Crippen LogP contribution in [0, 0.1) is 12.7 Å². The van der Waals surface area contributed by atoms with Crippen LogP contribution in [-0.4, -0.2) is 54.5 Å². The van der Waals surface area contributed by atoms with Gasteiger partial charge in [-0.05, 0) is 73.2 Å². The van der Waals surface area contributed by atoms with Crippen LogP contribution in [0.1, 0.15) is 46.7 Å². The lowest BCUT2D eigenvalue weighted by Gasteiger charge is -2.40. The van der Waals surface area contributed by atoms with Crippen molar-refractivity contribution in [2.24, 2.45) is 0 Å². The molecule has 7 nitrogen and oxygen atoms in total. The van der Waals surface area contributed by atoms with Crippen LogP contribution in [0.15, 0.2) is 36.4 Å². The van der Waals surface area contributed by atoms with Gasteiger partial charge < -0.3 is 25.4 Å². The molecular formula is C26H28F7N3O4. The van der Waals surface area contributed by atoms with E-state index in [0.29, 0.717) is 29.7 Å². The van der Waals surface area contributed by atoms with Gasteiger partial charge in [0, 0.05) is 19.1 Å². The topological polar surface area (TPSA) is 90.9 Å². The first-order chi connectivity index (χ1) is 18.7. The number of aliphatic hydroxyl groups is 1. The fraction of sp³-hybridized carbons (Fsp3) is 0.462. The zero-order valence-corrected chi connectivity index (χ0v) is 21.3. The van der Waals surface area contributed by atoms with Gasteiger partial charge in [0.25, 0.3) is 0 Å². The maximum Gasteiger partial charge on any atom is 0.416 e. The monoisotopic (exact) mass is 579 g/mol. The molecule has 40 heavy (non-hydrogen) atoms. The maximum atomic E-state index is 13.7. The molecule has 220 valence electrons. The van der Waals surface area contributed by atoms with E-state index in [-0.39, 0.29) is 50.8 Å². The van der Waals surface area contributed by atoms with Crippen molar-refractivity contribution in [1.29, 1.82) is 0 Å². The molecule has 2 atom stereocenters. The molecule has 1 fully saturated rings. The van der Waals surface area contributed by atoms with Crippen LogP contribution in [0.2, 0.25) is 0 Å². The Labute approximate surface area is 225 Å². The van der Waals surface area contributed by atoms with Crippen molar-refractivity contribution in [3.8, 4) is 0 Å². The molecule has 2 aromatic carbocycles. The van der Waals surface area contributed by atoms with Crippen molar-refractivity contribution in [2.45, 2.75) is 50.6 Å². The Balaban J connectivity index is 1.74. The second kappa shape index (κ2) is 12.7. The van der Waals surface area contributed by atoms with Crippen LogP contribution >= 0.6 is 0 Å². The summed E-state index contributed by atoms with van der Waals surface area (Å²) in [7, 11) is 0. The summed E-state index contributed by atoms with van der Waals surface area (Å²) >= 11 is 0. The number of aliphatic hydroxyl groups excluding tert-OH is 1. The number of alkyl carbamates (subject to hydrolysis) is 1. The number of ether oxygens (including phenoxy) is 1. The number of benzene rings is 2. The molecule has 3 amide bonds. The minimum atomic E-state index is -4.98. The number of aryl methyl sites for hydroxylation is 1. The van der Waals surface area contributed by atoms with Gasteiger partial charge in [0.05, 0.1) is 23.8 Å². The highest BCUT2D eigenvalue weighted by Crippen LogP contribution is 2.37. The summed E-state index contributed by atoms with van der Waals surface area (Å²) in [5.41, 5.74) is -2.00. The van der Waals surface area contributed by atoms with Gasteiger partial charge in [-0.1, -0.05) is 6.07 Å². The molecule has 0 saturated carbocycles. The SMILES string of the molecule is Cc1cc(F)ccc1[C@H]1C[C@@H](NC(=O)OCCO)CCN1C(=O)NCCc1cc(C(F)(F)F)cc(C(F)(F)F)c1. The number of piperidine rings is 1. The first-order valence-corrected chi connectivity index (χ1v) is 12.3. The molecule has 1 aliphatic rings. The third-order valence-electron chi connectivity index (χ3n) is 6.44. The predicted octanol–water partition coefficient (Wildman–Crippen LogP) is 5.35. The number of urea groups is 1. The number of nitrogens with zero attached hydrogens (tertiary/aromatic N) is 1. The first kappa shape index (κ1) is 31.0. The van der Waals surface area contributed by atoms with E-state index in [1.54, 1.807) is 6.92 Å². The van der Waals surface area contributed by atoms with E-state index in [0.717, 1.165) is 0 Å². The number of carbonyl (C=O) groups excluding carboxylic acids is 2. The second-order valence-corrected chi connectivity index (χ2v) is 9.33. The molecule has 2 aromatic rings. The molecule has 3 N–H and O–H groups in total. The molecule has 1 saturated heterocycles. The highest BCUT2D eigenvalue weighted by molar-refractivity contribution is 5.75. The van der Waals surface area contributed by atoms with Crippen LogP contribution < -0.4 is 10.6 Å². The molecule has 1 heterocycles. The highest BCUT2D eigenvalue weighted by Gasteiger charge is 2.37. The Morgan fingerprint density at radius 3 is 2.27 bits per heavy atom. The van der Waals surface area contributed by atoms with Gasteiger partial charge in [0.2, 0.25) is 0 Å². The third kappa shape index (κ3) is 8.23. The average molecular weight is 580 g/mol. The summed E-state index contributed by atoms with van der Waals surface area (Å²) in [6, 6.07) is 3.56. The lowest BCUT2D eigenvalue weighted by atomic mass is 9.89. The Bertz CT molecular complexity index is 1170. The lowest BCUT2D eigenvalue weighted by molar-refractivity contribution is -0.143. The molecule has 0 aromatic heterocycles. The van der Waals surface area contributed by atoms with Crippen LogP contribution in [0.25, 0.3) is 0 Å². The van der Waals surface area contributed by atoms with E-state index in [1.165, 1.54) is 23.1 Å². The Kier molecular flexibility index (Phi) is 9.87. The summed E-state index contributed by atoms with van der Waals surface area (Å²) < 4.78 is 97.5. The third-order valence-corrected chi connectivity index (χ3v) is 6.44. The van der Waals surface area contributed by atoms with Gasteiger partial charge in [-0.3, -0.25) is 0 Å². The number of likely N-dealkylation sites (tertiary alicyclic amines) is 1. The van der Waals surface area contributed by atoms with Crippen molar-refractivity contribution < 1.29 is 50.2 Å². The molecule has 0 bridgehead atoms. The van der Waals surface area contributed by atoms with Crippen molar-refractivity contribution in [3.05, 3.63) is 70.0 Å². The van der Waals surface area contributed by atoms with Gasteiger partial charge in [-0.25, -0.2) is 14.0 Å². The number of nitrogens with one attached hydrogen (secondary N) is 2. The minimum Gasteiger partial charge on any atom is -0.447 e. The molecule has 3 rings (SSSR count). The summed E-state index contributed by atoms with van der Waals surface area (Å²) in [5, 5.41) is 14.0. The van der Waals surface area contributed by atoms with E-state index in [9.17, 15) is 40.3 Å². The van der Waals surface area contributed by atoms with Gasteiger partial charge in [0.15, 0.2) is 0 Å². The molecule has 0 radical (unpaired) electrons. The van der Waals surface area contributed by atoms with Crippen molar-refractivity contribution in [1.82, 2.24) is 15.5 Å². The van der Waals surface area contributed by atoms with Crippen LogP contribution in [-0.2, 0) is 23.5 Å². The molecule has 14 heteroatoms. The standard InChI is InChI=1S/C26H28F7N3O4/c1-15-10-19(27)2-3-21(15)22-14-20(35-24(39)40-9-8-37)5-7-36(22)23(38)34-6-4-16-11-17(25(28,29)30)13-18(12-16)26(31,32)33/h2-3,10-13,20,22,37H,4-9,14H2,1H3,(H,34,38)(H,35,39)/t20-,22+/m0/s1. The minimum absolute atomic E-state index is 0.0372. The summed E-state index contributed by atoms with van der Waals surface area (Å²) in [5.74, 6) is -0.491. The molecule has 0 spiro atoms. The van der Waals surface area contributed by atoms with Crippen molar-refractivity contribution in [3.63, 3.8) is 0 Å². The normalized spacial score (nSPS) is 17.9. The molecule has 0 unspecified atom stereocenters. The zero-order valence-electron chi connectivity index (χ0n) is 21.3. The van der Waals surface area contributed by atoms with Crippen molar-refractivity contribution >= 4 is 12.1 Å². The van der Waals surface area contributed by atoms with Gasteiger partial charge in [-0.2, -0.15) is 26.3 Å². The largest absolute Gasteiger partial charge is 0.447 e. The fourth-order valence-electron chi connectivity index (χ4n) is 4.57. The smallest absolute Gasteiger partial charge is 0.416 e. The number of carbonyl (C=O) groups is 2. The quantitative estimate of drug-likeness (QED) is 0.386. The number of hydrogen-bond acceptors (Lipinski definition) is 4. The lowest BCUT2D eigenvalue weighted by Crippen LogP contribution is -2.51. The number of alkyl halides is 6. The van der Waals surface area contributed by atoms with Crippen LogP contribution in [0.5, 0.6) is 0 Å². The number of halogens is 7. The summed E-state index contributed by atoms with van der Waals surface area (Å²) in [6.45, 7) is 0.955. The van der Waals surface area contributed by atoms with E-state index in [4.69, 9.17) is 9.84 Å². The molecular weight excluding hydrogens is 551 g/mol. The Hall–Kier alpha value is -3.55. The molecule has 0 aliphatic carbocycles. The zero-order chi connectivity index (χ0) is 29.7. The summed E-state index contributed by atoms with van der Waals surface area (Å²) in [6.07, 6.45) is -10.5. The van der Waals surface area contributed by atoms with E-state index in [1.807, 2.05) is 0 Å². The second-order valence-electron chi connectivity index (χ2n) is 9.33.